The Hall–Kier alpha value is -0.690. The molecule has 0 spiro atoms. The van der Waals surface area contributed by atoms with Crippen LogP contribution in [0, 0.1) is 17.7 Å². The third-order valence-corrected chi connectivity index (χ3v) is 6.22. The van der Waals surface area contributed by atoms with Crippen LogP contribution in [0.3, 0.4) is 0 Å². The minimum Gasteiger partial charge on any atom is -0.207 e. The van der Waals surface area contributed by atoms with Crippen molar-refractivity contribution in [3.63, 3.8) is 0 Å². The van der Waals surface area contributed by atoms with Gasteiger partial charge in [-0.1, -0.05) is 31.5 Å². The molecule has 22 heavy (non-hydrogen) atoms. The predicted molar refractivity (Wildman–Crippen MR) is 86.3 cm³/mol. The summed E-state index contributed by atoms with van der Waals surface area (Å²) in [5.74, 6) is 0.155. The minimum absolute atomic E-state index is 0.0763. The zero-order valence-corrected chi connectivity index (χ0v) is 14.7. The highest BCUT2D eigenvalue weighted by atomic mass is 35.5. The highest BCUT2D eigenvalue weighted by Gasteiger charge is 2.33. The smallest absolute Gasteiger partial charge is 0.207 e. The topological polar surface area (TPSA) is 40.6 Å². The van der Waals surface area contributed by atoms with Gasteiger partial charge in [0.1, 0.15) is 5.82 Å². The molecule has 2 rings (SSSR count). The molecule has 0 saturated carbocycles. The molecule has 1 fully saturated rings. The number of nitrogens with zero attached hydrogens (tertiary/aromatic N) is 2. The molecule has 0 amide bonds. The summed E-state index contributed by atoms with van der Waals surface area (Å²) >= 11 is 5.98. The SMILES string of the molecule is CC1CC(C)CN(S(=O)(=O)N(C)Cc2c(F)cccc2Cl)C1. The van der Waals surface area contributed by atoms with Crippen molar-refractivity contribution in [2.75, 3.05) is 20.1 Å². The molecule has 1 saturated heterocycles. The maximum absolute atomic E-state index is 13.8. The van der Waals surface area contributed by atoms with E-state index in [-0.39, 0.29) is 17.1 Å². The van der Waals surface area contributed by atoms with Crippen LogP contribution in [0.2, 0.25) is 5.02 Å². The summed E-state index contributed by atoms with van der Waals surface area (Å²) in [5, 5.41) is 0.238. The van der Waals surface area contributed by atoms with Gasteiger partial charge in [0.25, 0.3) is 10.2 Å². The molecule has 0 aromatic heterocycles. The first kappa shape index (κ1) is 17.7. The van der Waals surface area contributed by atoms with Crippen LogP contribution in [0.1, 0.15) is 25.8 Å². The van der Waals surface area contributed by atoms with Crippen molar-refractivity contribution in [2.45, 2.75) is 26.8 Å². The van der Waals surface area contributed by atoms with Crippen molar-refractivity contribution < 1.29 is 12.8 Å². The number of hydrogen-bond donors (Lipinski definition) is 0. The quantitative estimate of drug-likeness (QED) is 0.838. The molecule has 1 aromatic carbocycles. The molecule has 4 nitrogen and oxygen atoms in total. The van der Waals surface area contributed by atoms with Gasteiger partial charge < -0.3 is 0 Å². The number of halogens is 2. The van der Waals surface area contributed by atoms with E-state index in [9.17, 15) is 12.8 Å². The summed E-state index contributed by atoms with van der Waals surface area (Å²) in [6.07, 6.45) is 1.02. The van der Waals surface area contributed by atoms with Gasteiger partial charge in [-0.3, -0.25) is 0 Å². The Morgan fingerprint density at radius 3 is 2.45 bits per heavy atom. The van der Waals surface area contributed by atoms with Gasteiger partial charge in [-0.2, -0.15) is 17.0 Å². The van der Waals surface area contributed by atoms with E-state index < -0.39 is 16.0 Å². The van der Waals surface area contributed by atoms with E-state index in [4.69, 9.17) is 11.6 Å². The minimum atomic E-state index is -3.62. The maximum atomic E-state index is 13.8. The Morgan fingerprint density at radius 2 is 1.91 bits per heavy atom. The zero-order valence-electron chi connectivity index (χ0n) is 13.1. The second kappa shape index (κ2) is 6.83. The highest BCUT2D eigenvalue weighted by Crippen LogP contribution is 2.26. The number of benzene rings is 1. The van der Waals surface area contributed by atoms with Gasteiger partial charge in [-0.05, 0) is 30.4 Å². The van der Waals surface area contributed by atoms with Crippen LogP contribution >= 0.6 is 11.6 Å². The van der Waals surface area contributed by atoms with Gasteiger partial charge >= 0.3 is 0 Å². The monoisotopic (exact) mass is 348 g/mol. The fourth-order valence-electron chi connectivity index (χ4n) is 2.98. The largest absolute Gasteiger partial charge is 0.282 e. The second-order valence-corrected chi connectivity index (χ2v) is 8.67. The molecule has 0 radical (unpaired) electrons. The Bertz CT molecular complexity index is 608. The molecule has 1 aromatic rings. The van der Waals surface area contributed by atoms with Crippen LogP contribution in [-0.2, 0) is 16.8 Å². The Morgan fingerprint density at radius 1 is 1.32 bits per heavy atom. The summed E-state index contributed by atoms with van der Waals surface area (Å²) in [7, 11) is -2.16. The Kier molecular flexibility index (Phi) is 5.48. The van der Waals surface area contributed by atoms with Crippen molar-refractivity contribution in [1.29, 1.82) is 0 Å². The molecule has 2 unspecified atom stereocenters. The molecular formula is C15H22ClFN2O2S. The zero-order chi connectivity index (χ0) is 16.5. The van der Waals surface area contributed by atoms with Gasteiger partial charge in [0.05, 0.1) is 0 Å². The molecule has 0 aliphatic carbocycles. The molecule has 0 bridgehead atoms. The van der Waals surface area contributed by atoms with Crippen LogP contribution in [0.4, 0.5) is 4.39 Å². The molecule has 1 aliphatic rings. The summed E-state index contributed by atoms with van der Waals surface area (Å²) in [4.78, 5) is 0. The highest BCUT2D eigenvalue weighted by molar-refractivity contribution is 7.86. The standard InChI is InChI=1S/C15H22ClFN2O2S/c1-11-7-12(2)9-19(8-11)22(20,21)18(3)10-13-14(16)5-4-6-15(13)17/h4-6,11-12H,7-10H2,1-3H3. The number of piperidine rings is 1. The number of rotatable bonds is 4. The van der Waals surface area contributed by atoms with E-state index in [0.29, 0.717) is 24.9 Å². The number of hydrogen-bond acceptors (Lipinski definition) is 2. The van der Waals surface area contributed by atoms with E-state index in [1.54, 1.807) is 6.07 Å². The van der Waals surface area contributed by atoms with E-state index in [1.807, 2.05) is 13.8 Å². The molecule has 124 valence electrons. The fraction of sp³-hybridized carbons (Fsp3) is 0.600. The van der Waals surface area contributed by atoms with E-state index in [1.165, 1.54) is 27.8 Å². The summed E-state index contributed by atoms with van der Waals surface area (Å²) in [6, 6.07) is 4.35. The van der Waals surface area contributed by atoms with E-state index >= 15 is 0 Å². The third kappa shape index (κ3) is 3.79. The lowest BCUT2D eigenvalue weighted by molar-refractivity contribution is 0.211. The summed E-state index contributed by atoms with van der Waals surface area (Å²) in [6.45, 7) is 5.02. The van der Waals surface area contributed by atoms with Crippen LogP contribution < -0.4 is 0 Å². The van der Waals surface area contributed by atoms with Crippen LogP contribution in [0.15, 0.2) is 18.2 Å². The summed E-state index contributed by atoms with van der Waals surface area (Å²) < 4.78 is 41.9. The summed E-state index contributed by atoms with van der Waals surface area (Å²) in [5.41, 5.74) is 0.202. The van der Waals surface area contributed by atoms with Crippen molar-refractivity contribution in [3.05, 3.63) is 34.6 Å². The van der Waals surface area contributed by atoms with Gasteiger partial charge in [0.2, 0.25) is 0 Å². The Labute approximate surface area is 137 Å². The lowest BCUT2D eigenvalue weighted by Crippen LogP contribution is -2.48. The molecular weight excluding hydrogens is 327 g/mol. The van der Waals surface area contributed by atoms with Crippen LogP contribution in [0.25, 0.3) is 0 Å². The van der Waals surface area contributed by atoms with E-state index in [2.05, 4.69) is 0 Å². The average molecular weight is 349 g/mol. The first-order valence-electron chi connectivity index (χ1n) is 7.36. The van der Waals surface area contributed by atoms with Crippen LogP contribution in [-0.4, -0.2) is 37.2 Å². The van der Waals surface area contributed by atoms with E-state index in [0.717, 1.165) is 6.42 Å². The molecule has 2 atom stereocenters. The van der Waals surface area contributed by atoms with Gasteiger partial charge in [-0.25, -0.2) is 4.39 Å². The third-order valence-electron chi connectivity index (χ3n) is 4.00. The first-order valence-corrected chi connectivity index (χ1v) is 9.13. The molecule has 7 heteroatoms. The van der Waals surface area contributed by atoms with Gasteiger partial charge in [0, 0.05) is 37.3 Å². The lowest BCUT2D eigenvalue weighted by atomic mass is 9.94. The first-order chi connectivity index (χ1) is 10.2. The normalized spacial score (nSPS) is 23.9. The lowest BCUT2D eigenvalue weighted by Gasteiger charge is -2.36. The molecule has 0 N–H and O–H groups in total. The maximum Gasteiger partial charge on any atom is 0.282 e. The fourth-order valence-corrected chi connectivity index (χ4v) is 4.77. The Balaban J connectivity index is 2.19. The predicted octanol–water partition coefficient (Wildman–Crippen LogP) is 3.13. The van der Waals surface area contributed by atoms with Crippen molar-refractivity contribution in [2.24, 2.45) is 11.8 Å². The van der Waals surface area contributed by atoms with Crippen molar-refractivity contribution in [3.8, 4) is 0 Å². The molecule has 1 aliphatic heterocycles. The van der Waals surface area contributed by atoms with Crippen molar-refractivity contribution in [1.82, 2.24) is 8.61 Å². The van der Waals surface area contributed by atoms with Crippen molar-refractivity contribution >= 4 is 21.8 Å². The molecule has 1 heterocycles. The van der Waals surface area contributed by atoms with Gasteiger partial charge in [-0.15, -0.1) is 0 Å². The average Bonchev–Trinajstić information content (AvgIpc) is 2.41. The van der Waals surface area contributed by atoms with Gasteiger partial charge in [0.15, 0.2) is 0 Å². The second-order valence-electron chi connectivity index (χ2n) is 6.23. The van der Waals surface area contributed by atoms with Crippen LogP contribution in [0.5, 0.6) is 0 Å².